The van der Waals surface area contributed by atoms with E-state index in [2.05, 4.69) is 42.3 Å². The molecule has 2 rings (SSSR count). The molecule has 0 fully saturated rings. The Morgan fingerprint density at radius 2 is 1.88 bits per heavy atom. The molecule has 1 atom stereocenters. The first-order valence-corrected chi connectivity index (χ1v) is 6.23. The Labute approximate surface area is 100 Å². The zero-order valence-electron chi connectivity index (χ0n) is 9.82. The predicted molar refractivity (Wildman–Crippen MR) is 68.9 cm³/mol. The molecule has 0 aliphatic carbocycles. The first-order chi connectivity index (χ1) is 7.70. The highest BCUT2D eigenvalue weighted by molar-refractivity contribution is 7.09. The third kappa shape index (κ3) is 2.31. The molecule has 1 aromatic carbocycles. The van der Waals surface area contributed by atoms with Crippen molar-refractivity contribution in [2.75, 3.05) is 7.05 Å². The largest absolute Gasteiger partial charge is 0.307 e. The highest BCUT2D eigenvalue weighted by Gasteiger charge is 2.14. The fraction of sp³-hybridized carbons (Fsp3) is 0.308. The van der Waals surface area contributed by atoms with Gasteiger partial charge in [0.15, 0.2) is 0 Å². The number of hydrogen-bond acceptors (Lipinski definition) is 3. The zero-order chi connectivity index (χ0) is 11.5. The Balaban J connectivity index is 2.41. The Hall–Kier alpha value is -1.19. The summed E-state index contributed by atoms with van der Waals surface area (Å²) in [6.45, 7) is 4.26. The molecule has 0 amide bonds. The van der Waals surface area contributed by atoms with Crippen LogP contribution < -0.4 is 5.32 Å². The lowest BCUT2D eigenvalue weighted by molar-refractivity contribution is 0.685. The predicted octanol–water partition coefficient (Wildman–Crippen LogP) is 3.07. The molecule has 0 aliphatic heterocycles. The van der Waals surface area contributed by atoms with Gasteiger partial charge in [0.05, 0.1) is 6.04 Å². The smallest absolute Gasteiger partial charge is 0.114 e. The second kappa shape index (κ2) is 4.76. The van der Waals surface area contributed by atoms with Crippen LogP contribution in [-0.4, -0.2) is 12.0 Å². The molecule has 84 valence electrons. The molecule has 0 radical (unpaired) electrons. The van der Waals surface area contributed by atoms with Gasteiger partial charge < -0.3 is 5.32 Å². The SMILES string of the molecule is CNC(c1cc(C)cc(C)c1)c1nccs1. The van der Waals surface area contributed by atoms with E-state index in [4.69, 9.17) is 0 Å². The lowest BCUT2D eigenvalue weighted by atomic mass is 10.0. The maximum absolute atomic E-state index is 4.38. The van der Waals surface area contributed by atoms with Crippen molar-refractivity contribution in [1.29, 1.82) is 0 Å². The summed E-state index contributed by atoms with van der Waals surface area (Å²) in [5.74, 6) is 0. The van der Waals surface area contributed by atoms with Gasteiger partial charge in [0.2, 0.25) is 0 Å². The average molecular weight is 232 g/mol. The van der Waals surface area contributed by atoms with Crippen LogP contribution >= 0.6 is 11.3 Å². The fourth-order valence-electron chi connectivity index (χ4n) is 1.99. The molecule has 1 unspecified atom stereocenters. The first kappa shape index (κ1) is 11.3. The standard InChI is InChI=1S/C13H16N2S/c1-9-6-10(2)8-11(7-9)12(14-3)13-15-4-5-16-13/h4-8,12,14H,1-3H3. The van der Waals surface area contributed by atoms with E-state index in [0.29, 0.717) is 0 Å². The quantitative estimate of drug-likeness (QED) is 0.879. The number of rotatable bonds is 3. The van der Waals surface area contributed by atoms with Gasteiger partial charge in [-0.2, -0.15) is 0 Å². The van der Waals surface area contributed by atoms with Crippen molar-refractivity contribution in [3.05, 3.63) is 51.5 Å². The van der Waals surface area contributed by atoms with Crippen LogP contribution in [0, 0.1) is 13.8 Å². The van der Waals surface area contributed by atoms with Crippen molar-refractivity contribution in [3.8, 4) is 0 Å². The van der Waals surface area contributed by atoms with Crippen molar-refractivity contribution in [3.63, 3.8) is 0 Å². The maximum Gasteiger partial charge on any atom is 0.114 e. The van der Waals surface area contributed by atoms with Crippen LogP contribution in [0.4, 0.5) is 0 Å². The minimum atomic E-state index is 0.207. The molecule has 0 aliphatic rings. The summed E-state index contributed by atoms with van der Waals surface area (Å²) in [7, 11) is 1.98. The van der Waals surface area contributed by atoms with E-state index in [1.54, 1.807) is 11.3 Å². The lowest BCUT2D eigenvalue weighted by Crippen LogP contribution is -2.17. The summed E-state index contributed by atoms with van der Waals surface area (Å²) in [5.41, 5.74) is 3.88. The topological polar surface area (TPSA) is 24.9 Å². The molecule has 1 N–H and O–H groups in total. The summed E-state index contributed by atoms with van der Waals surface area (Å²) >= 11 is 1.69. The Morgan fingerprint density at radius 3 is 2.38 bits per heavy atom. The van der Waals surface area contributed by atoms with Crippen LogP contribution in [0.25, 0.3) is 0 Å². The van der Waals surface area contributed by atoms with E-state index in [1.165, 1.54) is 16.7 Å². The molecular weight excluding hydrogens is 216 g/mol. The van der Waals surface area contributed by atoms with Crippen LogP contribution in [0.2, 0.25) is 0 Å². The fourth-order valence-corrected chi connectivity index (χ4v) is 2.76. The second-order valence-corrected chi connectivity index (χ2v) is 4.94. The van der Waals surface area contributed by atoms with Crippen LogP contribution in [0.5, 0.6) is 0 Å². The monoisotopic (exact) mass is 232 g/mol. The molecule has 2 aromatic rings. The number of nitrogens with zero attached hydrogens (tertiary/aromatic N) is 1. The average Bonchev–Trinajstić information content (AvgIpc) is 2.70. The maximum atomic E-state index is 4.38. The summed E-state index contributed by atoms with van der Waals surface area (Å²) in [6.07, 6.45) is 1.85. The molecule has 0 saturated carbocycles. The van der Waals surface area contributed by atoms with Crippen molar-refractivity contribution in [2.24, 2.45) is 0 Å². The number of benzene rings is 1. The molecule has 1 heterocycles. The number of hydrogen-bond donors (Lipinski definition) is 1. The third-order valence-electron chi connectivity index (χ3n) is 2.56. The van der Waals surface area contributed by atoms with Crippen LogP contribution in [0.1, 0.15) is 27.7 Å². The molecule has 0 spiro atoms. The van der Waals surface area contributed by atoms with E-state index in [9.17, 15) is 0 Å². The van der Waals surface area contributed by atoms with E-state index >= 15 is 0 Å². The first-order valence-electron chi connectivity index (χ1n) is 5.35. The molecular formula is C13H16N2S. The van der Waals surface area contributed by atoms with E-state index in [0.717, 1.165) is 5.01 Å². The van der Waals surface area contributed by atoms with Gasteiger partial charge in [-0.25, -0.2) is 4.98 Å². The molecule has 2 nitrogen and oxygen atoms in total. The van der Waals surface area contributed by atoms with Gasteiger partial charge in [0.25, 0.3) is 0 Å². The zero-order valence-corrected chi connectivity index (χ0v) is 10.6. The summed E-state index contributed by atoms with van der Waals surface area (Å²) in [4.78, 5) is 4.38. The van der Waals surface area contributed by atoms with Crippen molar-refractivity contribution < 1.29 is 0 Å². The van der Waals surface area contributed by atoms with E-state index < -0.39 is 0 Å². The number of aromatic nitrogens is 1. The minimum absolute atomic E-state index is 0.207. The molecule has 16 heavy (non-hydrogen) atoms. The van der Waals surface area contributed by atoms with Crippen LogP contribution in [0.3, 0.4) is 0 Å². The molecule has 1 aromatic heterocycles. The Bertz CT molecular complexity index is 443. The summed E-state index contributed by atoms with van der Waals surface area (Å²) in [5, 5.41) is 6.46. The van der Waals surface area contributed by atoms with Gasteiger partial charge >= 0.3 is 0 Å². The van der Waals surface area contributed by atoms with Crippen molar-refractivity contribution in [1.82, 2.24) is 10.3 Å². The van der Waals surface area contributed by atoms with Crippen molar-refractivity contribution >= 4 is 11.3 Å². The number of nitrogens with one attached hydrogen (secondary N) is 1. The summed E-state index contributed by atoms with van der Waals surface area (Å²) in [6, 6.07) is 6.84. The van der Waals surface area contributed by atoms with Gasteiger partial charge in [-0.1, -0.05) is 29.3 Å². The van der Waals surface area contributed by atoms with Gasteiger partial charge in [0, 0.05) is 11.6 Å². The van der Waals surface area contributed by atoms with Gasteiger partial charge in [0.1, 0.15) is 5.01 Å². The number of aryl methyl sites for hydroxylation is 2. The molecule has 0 bridgehead atoms. The van der Waals surface area contributed by atoms with Gasteiger partial charge in [-0.15, -0.1) is 11.3 Å². The van der Waals surface area contributed by atoms with Crippen molar-refractivity contribution in [2.45, 2.75) is 19.9 Å². The van der Waals surface area contributed by atoms with Gasteiger partial charge in [-0.05, 0) is 26.5 Å². The van der Waals surface area contributed by atoms with E-state index in [1.807, 2.05) is 18.6 Å². The molecule has 3 heteroatoms. The van der Waals surface area contributed by atoms with Crippen LogP contribution in [0.15, 0.2) is 29.8 Å². The summed E-state index contributed by atoms with van der Waals surface area (Å²) < 4.78 is 0. The highest BCUT2D eigenvalue weighted by atomic mass is 32.1. The normalized spacial score (nSPS) is 12.7. The minimum Gasteiger partial charge on any atom is -0.307 e. The van der Waals surface area contributed by atoms with Crippen LogP contribution in [-0.2, 0) is 0 Å². The molecule has 0 saturated heterocycles. The number of thiazole rings is 1. The third-order valence-corrected chi connectivity index (χ3v) is 3.40. The Morgan fingerprint density at radius 1 is 1.19 bits per heavy atom. The Kier molecular flexibility index (Phi) is 3.36. The van der Waals surface area contributed by atoms with E-state index in [-0.39, 0.29) is 6.04 Å². The lowest BCUT2D eigenvalue weighted by Gasteiger charge is -2.15. The van der Waals surface area contributed by atoms with Gasteiger partial charge in [-0.3, -0.25) is 0 Å². The second-order valence-electron chi connectivity index (χ2n) is 4.01. The highest BCUT2D eigenvalue weighted by Crippen LogP contribution is 2.24.